The largest absolute Gasteiger partial charge is 0.288 e. The van der Waals surface area contributed by atoms with Crippen molar-refractivity contribution in [2.45, 2.75) is 3.79 Å². The Hall–Kier alpha value is -0.590. The van der Waals surface area contributed by atoms with Gasteiger partial charge >= 0.3 is 0 Å². The van der Waals surface area contributed by atoms with Crippen molar-refractivity contribution in [3.63, 3.8) is 0 Å². The summed E-state index contributed by atoms with van der Waals surface area (Å²) in [7, 11) is 0. The van der Waals surface area contributed by atoms with Gasteiger partial charge in [0.2, 0.25) is 0 Å². The monoisotopic (exact) mass is 229 g/mol. The number of carbonyl (C=O) groups is 1. The average Bonchev–Trinajstić information content (AvgIpc) is 2.37. The van der Waals surface area contributed by atoms with Gasteiger partial charge in [0.25, 0.3) is 15.6 Å². The molecule has 0 radical (unpaired) electrons. The number of halogens is 3. The van der Waals surface area contributed by atoms with Gasteiger partial charge in [-0.3, -0.25) is 10.1 Å². The van der Waals surface area contributed by atoms with Gasteiger partial charge < -0.3 is 0 Å². The van der Waals surface area contributed by atoms with Crippen molar-refractivity contribution in [3.8, 4) is 0 Å². The maximum atomic E-state index is 10.9. The number of anilines is 1. The van der Waals surface area contributed by atoms with Gasteiger partial charge in [-0.2, -0.15) is 5.21 Å². The Morgan fingerprint density at radius 1 is 1.50 bits per heavy atom. The molecule has 0 saturated heterocycles. The normalized spacial score (nSPS) is 11.2. The third kappa shape index (κ3) is 2.47. The molecule has 1 heterocycles. The van der Waals surface area contributed by atoms with Gasteiger partial charge in [0.1, 0.15) is 0 Å². The average molecular weight is 230 g/mol. The highest BCUT2D eigenvalue weighted by molar-refractivity contribution is 6.76. The molecule has 0 fully saturated rings. The molecule has 1 aromatic heterocycles. The number of aromatic nitrogens is 4. The number of hydrogen-bond donors (Lipinski definition) is 2. The molecule has 0 saturated carbocycles. The van der Waals surface area contributed by atoms with Gasteiger partial charge in [0.15, 0.2) is 0 Å². The van der Waals surface area contributed by atoms with E-state index >= 15 is 0 Å². The number of rotatable bonds is 1. The van der Waals surface area contributed by atoms with E-state index in [0.717, 1.165) is 0 Å². The van der Waals surface area contributed by atoms with Crippen LogP contribution in [0.2, 0.25) is 0 Å². The van der Waals surface area contributed by atoms with E-state index in [1.165, 1.54) is 0 Å². The van der Waals surface area contributed by atoms with Gasteiger partial charge in [0.05, 0.1) is 0 Å². The molecular formula is C3H2Cl3N5O. The maximum Gasteiger partial charge on any atom is 0.278 e. The standard InChI is InChI=1S/C3H2Cl3N5O/c4-3(5,6)1(12)7-2-8-10-11-9-2/h(H2,7,8,9,10,11,12). The van der Waals surface area contributed by atoms with E-state index in [1.807, 2.05) is 0 Å². The summed E-state index contributed by atoms with van der Waals surface area (Å²) in [6.45, 7) is 0. The molecule has 12 heavy (non-hydrogen) atoms. The van der Waals surface area contributed by atoms with Crippen molar-refractivity contribution in [1.82, 2.24) is 20.6 Å². The van der Waals surface area contributed by atoms with Crippen LogP contribution in [0, 0.1) is 0 Å². The minimum atomic E-state index is -2.03. The van der Waals surface area contributed by atoms with Crippen LogP contribution in [-0.4, -0.2) is 30.3 Å². The summed E-state index contributed by atoms with van der Waals surface area (Å²) in [5, 5.41) is 14.2. The second-order valence-corrected chi connectivity index (χ2v) is 3.97. The Kier molecular flexibility index (Phi) is 2.71. The Bertz CT molecular complexity index is 266. The molecule has 0 aromatic carbocycles. The molecule has 6 nitrogen and oxygen atoms in total. The molecule has 2 N–H and O–H groups in total. The first-order chi connectivity index (χ1) is 5.50. The second-order valence-electron chi connectivity index (χ2n) is 1.69. The quantitative estimate of drug-likeness (QED) is 0.689. The first-order valence-corrected chi connectivity index (χ1v) is 3.75. The fourth-order valence-corrected chi connectivity index (χ4v) is 0.529. The summed E-state index contributed by atoms with van der Waals surface area (Å²) < 4.78 is -2.03. The molecule has 0 bridgehead atoms. The topological polar surface area (TPSA) is 83.6 Å². The zero-order valence-electron chi connectivity index (χ0n) is 5.38. The minimum absolute atomic E-state index is 0.0497. The minimum Gasteiger partial charge on any atom is -0.288 e. The fraction of sp³-hybridized carbons (Fsp3) is 0.333. The molecule has 1 aromatic rings. The van der Waals surface area contributed by atoms with E-state index in [4.69, 9.17) is 34.8 Å². The molecule has 0 unspecified atom stereocenters. The lowest BCUT2D eigenvalue weighted by atomic mass is 10.7. The molecule has 0 aliphatic heterocycles. The zero-order chi connectivity index (χ0) is 9.19. The maximum absolute atomic E-state index is 10.9. The lowest BCUT2D eigenvalue weighted by Crippen LogP contribution is -2.27. The van der Waals surface area contributed by atoms with Crippen LogP contribution in [0.3, 0.4) is 0 Å². The Labute approximate surface area is 81.6 Å². The van der Waals surface area contributed by atoms with Gasteiger partial charge in [-0.25, -0.2) is 0 Å². The first kappa shape index (κ1) is 9.50. The van der Waals surface area contributed by atoms with Gasteiger partial charge in [0, 0.05) is 0 Å². The predicted octanol–water partition coefficient (Wildman–Crippen LogP) is 0.508. The lowest BCUT2D eigenvalue weighted by Gasteiger charge is -2.07. The van der Waals surface area contributed by atoms with E-state index in [0.29, 0.717) is 0 Å². The zero-order valence-corrected chi connectivity index (χ0v) is 7.65. The number of nitrogens with zero attached hydrogens (tertiary/aromatic N) is 3. The molecule has 0 aliphatic rings. The van der Waals surface area contributed by atoms with Gasteiger partial charge in [-0.1, -0.05) is 39.9 Å². The van der Waals surface area contributed by atoms with E-state index in [9.17, 15) is 4.79 Å². The Balaban J connectivity index is 2.60. The van der Waals surface area contributed by atoms with E-state index in [1.54, 1.807) is 0 Å². The van der Waals surface area contributed by atoms with Crippen LogP contribution < -0.4 is 5.32 Å². The third-order valence-electron chi connectivity index (χ3n) is 0.828. The van der Waals surface area contributed by atoms with Crippen LogP contribution in [0.15, 0.2) is 0 Å². The van der Waals surface area contributed by atoms with E-state index < -0.39 is 9.70 Å². The molecular weight excluding hydrogens is 228 g/mol. The molecule has 9 heteroatoms. The Morgan fingerprint density at radius 2 is 2.17 bits per heavy atom. The summed E-state index contributed by atoms with van der Waals surface area (Å²) in [6, 6.07) is 0. The van der Waals surface area contributed by atoms with Crippen molar-refractivity contribution in [1.29, 1.82) is 0 Å². The number of alkyl halides is 3. The first-order valence-electron chi connectivity index (χ1n) is 2.62. The van der Waals surface area contributed by atoms with Crippen LogP contribution in [0.1, 0.15) is 0 Å². The van der Waals surface area contributed by atoms with Crippen molar-refractivity contribution in [2.24, 2.45) is 0 Å². The summed E-state index contributed by atoms with van der Waals surface area (Å²) in [5.74, 6) is -0.889. The van der Waals surface area contributed by atoms with Crippen LogP contribution >= 0.6 is 34.8 Å². The predicted molar refractivity (Wildman–Crippen MR) is 43.1 cm³/mol. The highest BCUT2D eigenvalue weighted by Crippen LogP contribution is 2.26. The summed E-state index contributed by atoms with van der Waals surface area (Å²) >= 11 is 15.7. The second kappa shape index (κ2) is 3.42. The number of nitrogens with one attached hydrogen (secondary N) is 2. The van der Waals surface area contributed by atoms with E-state index in [-0.39, 0.29) is 5.95 Å². The Morgan fingerprint density at radius 3 is 2.58 bits per heavy atom. The molecule has 0 spiro atoms. The summed E-state index contributed by atoms with van der Waals surface area (Å²) in [6.07, 6.45) is 0. The number of amides is 1. The number of hydrogen-bond acceptors (Lipinski definition) is 4. The SMILES string of the molecule is O=C(Nc1nn[nH]n1)C(Cl)(Cl)Cl. The van der Waals surface area contributed by atoms with E-state index in [2.05, 4.69) is 25.9 Å². The van der Waals surface area contributed by atoms with Crippen LogP contribution in [0.25, 0.3) is 0 Å². The smallest absolute Gasteiger partial charge is 0.278 e. The lowest BCUT2D eigenvalue weighted by molar-refractivity contribution is -0.115. The highest BCUT2D eigenvalue weighted by Gasteiger charge is 2.31. The summed E-state index contributed by atoms with van der Waals surface area (Å²) in [5.41, 5.74) is 0. The number of aromatic amines is 1. The molecule has 0 atom stereocenters. The van der Waals surface area contributed by atoms with Crippen molar-refractivity contribution >= 4 is 46.7 Å². The van der Waals surface area contributed by atoms with Gasteiger partial charge in [-0.15, -0.1) is 5.10 Å². The summed E-state index contributed by atoms with van der Waals surface area (Å²) in [4.78, 5) is 10.9. The van der Waals surface area contributed by atoms with Crippen molar-refractivity contribution < 1.29 is 4.79 Å². The molecule has 1 rings (SSSR count). The number of carbonyl (C=O) groups excluding carboxylic acids is 1. The fourth-order valence-electron chi connectivity index (χ4n) is 0.387. The molecule has 66 valence electrons. The van der Waals surface area contributed by atoms with Crippen LogP contribution in [0.4, 0.5) is 5.95 Å². The van der Waals surface area contributed by atoms with Crippen molar-refractivity contribution in [3.05, 3.63) is 0 Å². The van der Waals surface area contributed by atoms with Crippen LogP contribution in [-0.2, 0) is 4.79 Å². The van der Waals surface area contributed by atoms with Crippen molar-refractivity contribution in [2.75, 3.05) is 5.32 Å². The molecule has 1 amide bonds. The number of tetrazole rings is 1. The molecule has 0 aliphatic carbocycles. The highest BCUT2D eigenvalue weighted by atomic mass is 35.6. The van der Waals surface area contributed by atoms with Gasteiger partial charge in [-0.05, 0) is 5.21 Å². The number of H-pyrrole nitrogens is 1. The van der Waals surface area contributed by atoms with Crippen LogP contribution in [0.5, 0.6) is 0 Å². The third-order valence-corrected chi connectivity index (χ3v) is 1.34.